The van der Waals surface area contributed by atoms with Crippen LogP contribution in [0.1, 0.15) is 10.4 Å². The quantitative estimate of drug-likeness (QED) is 0.589. The summed E-state index contributed by atoms with van der Waals surface area (Å²) in [7, 11) is 0. The number of hydrogen-bond acceptors (Lipinski definition) is 1. The van der Waals surface area contributed by atoms with Crippen molar-refractivity contribution in [2.45, 2.75) is 6.18 Å². The molecule has 1 aromatic carbocycles. The van der Waals surface area contributed by atoms with Crippen molar-refractivity contribution in [2.24, 2.45) is 0 Å². The van der Waals surface area contributed by atoms with Crippen molar-refractivity contribution in [1.82, 2.24) is 4.90 Å². The average molecular weight is 363 g/mol. The molecule has 0 fully saturated rings. The molecule has 1 aromatic rings. The van der Waals surface area contributed by atoms with Gasteiger partial charge in [-0.15, -0.1) is 11.6 Å². The molecule has 0 unspecified atom stereocenters. The van der Waals surface area contributed by atoms with E-state index in [-0.39, 0.29) is 22.5 Å². The van der Waals surface area contributed by atoms with Gasteiger partial charge in [-0.25, -0.2) is 4.39 Å². The van der Waals surface area contributed by atoms with Gasteiger partial charge in [0.1, 0.15) is 12.4 Å². The lowest BCUT2D eigenvalue weighted by atomic mass is 10.2. The van der Waals surface area contributed by atoms with Crippen LogP contribution in [0.4, 0.5) is 17.6 Å². The van der Waals surface area contributed by atoms with E-state index in [0.29, 0.717) is 4.90 Å². The van der Waals surface area contributed by atoms with Gasteiger partial charge in [-0.05, 0) is 28.1 Å². The molecule has 8 heteroatoms. The second-order valence-corrected chi connectivity index (χ2v) is 4.80. The molecule has 0 saturated carbocycles. The monoisotopic (exact) mass is 361 g/mol. The maximum Gasteiger partial charge on any atom is 0.406 e. The first-order valence-electron chi connectivity index (χ1n) is 5.12. The van der Waals surface area contributed by atoms with Crippen molar-refractivity contribution in [2.75, 3.05) is 19.0 Å². The van der Waals surface area contributed by atoms with Gasteiger partial charge in [-0.2, -0.15) is 13.2 Å². The van der Waals surface area contributed by atoms with Gasteiger partial charge in [0.2, 0.25) is 0 Å². The Balaban J connectivity index is 3.02. The van der Waals surface area contributed by atoms with Crippen molar-refractivity contribution in [3.63, 3.8) is 0 Å². The molecule has 0 bridgehead atoms. The van der Waals surface area contributed by atoms with E-state index in [9.17, 15) is 22.4 Å². The Morgan fingerprint density at radius 1 is 1.37 bits per heavy atom. The van der Waals surface area contributed by atoms with Crippen LogP contribution in [-0.2, 0) is 0 Å². The Bertz CT molecular complexity index is 466. The lowest BCUT2D eigenvalue weighted by Gasteiger charge is -2.23. The highest BCUT2D eigenvalue weighted by atomic mass is 79.9. The Morgan fingerprint density at radius 3 is 2.53 bits per heavy atom. The number of carbonyl (C=O) groups is 1. The van der Waals surface area contributed by atoms with Crippen LogP contribution >= 0.6 is 27.5 Å². The molecular weight excluding hydrogens is 353 g/mol. The van der Waals surface area contributed by atoms with Gasteiger partial charge in [0.15, 0.2) is 0 Å². The molecule has 1 rings (SSSR count). The summed E-state index contributed by atoms with van der Waals surface area (Å²) in [5.74, 6) is -1.79. The first-order chi connectivity index (χ1) is 8.76. The summed E-state index contributed by atoms with van der Waals surface area (Å²) in [4.78, 5) is 12.5. The number of rotatable bonds is 4. The van der Waals surface area contributed by atoms with Crippen molar-refractivity contribution in [3.8, 4) is 0 Å². The molecule has 2 nitrogen and oxygen atoms in total. The largest absolute Gasteiger partial charge is 0.406 e. The number of nitrogens with zero attached hydrogens (tertiary/aromatic N) is 1. The Kier molecular flexibility index (Phi) is 5.61. The van der Waals surface area contributed by atoms with Gasteiger partial charge in [-0.3, -0.25) is 4.79 Å². The van der Waals surface area contributed by atoms with Crippen LogP contribution in [0.2, 0.25) is 0 Å². The second kappa shape index (κ2) is 6.56. The van der Waals surface area contributed by atoms with Crippen molar-refractivity contribution >= 4 is 33.4 Å². The molecule has 0 aliphatic heterocycles. The van der Waals surface area contributed by atoms with Gasteiger partial charge in [0.25, 0.3) is 5.91 Å². The standard InChI is InChI=1S/C11H9BrClF4NO/c12-9-7(2-1-3-8(9)14)10(19)18(5-4-13)6-11(15,16)17/h1-3H,4-6H2. The van der Waals surface area contributed by atoms with Crippen LogP contribution in [-0.4, -0.2) is 36.0 Å². The summed E-state index contributed by atoms with van der Waals surface area (Å²) < 4.78 is 50.2. The van der Waals surface area contributed by atoms with Crippen molar-refractivity contribution < 1.29 is 22.4 Å². The third-order valence-electron chi connectivity index (χ3n) is 2.19. The third kappa shape index (κ3) is 4.65. The summed E-state index contributed by atoms with van der Waals surface area (Å²) in [6.07, 6.45) is -4.54. The molecule has 1 amide bonds. The summed E-state index contributed by atoms with van der Waals surface area (Å²) in [5.41, 5.74) is -0.172. The maximum absolute atomic E-state index is 13.3. The van der Waals surface area contributed by atoms with Gasteiger partial charge < -0.3 is 4.90 Å². The predicted octanol–water partition coefficient (Wildman–Crippen LogP) is 3.83. The molecule has 0 atom stereocenters. The van der Waals surface area contributed by atoms with Gasteiger partial charge >= 0.3 is 6.18 Å². The maximum atomic E-state index is 13.3. The van der Waals surface area contributed by atoms with Crippen LogP contribution in [0.5, 0.6) is 0 Å². The fraction of sp³-hybridized carbons (Fsp3) is 0.364. The van der Waals surface area contributed by atoms with Crippen molar-refractivity contribution in [3.05, 3.63) is 34.1 Å². The number of benzene rings is 1. The van der Waals surface area contributed by atoms with E-state index in [1.165, 1.54) is 12.1 Å². The second-order valence-electron chi connectivity index (χ2n) is 3.63. The fourth-order valence-corrected chi connectivity index (χ4v) is 2.05. The zero-order valence-corrected chi connectivity index (χ0v) is 11.8. The van der Waals surface area contributed by atoms with E-state index in [1.807, 2.05) is 0 Å². The van der Waals surface area contributed by atoms with Gasteiger partial charge in [0, 0.05) is 12.4 Å². The van der Waals surface area contributed by atoms with E-state index in [1.54, 1.807) is 0 Å². The van der Waals surface area contributed by atoms with E-state index < -0.39 is 24.4 Å². The van der Waals surface area contributed by atoms with Crippen molar-refractivity contribution in [1.29, 1.82) is 0 Å². The number of hydrogen-bond donors (Lipinski definition) is 0. The van der Waals surface area contributed by atoms with Gasteiger partial charge in [-0.1, -0.05) is 6.07 Å². The number of alkyl halides is 4. The van der Waals surface area contributed by atoms with Crippen LogP contribution in [0, 0.1) is 5.82 Å². The Morgan fingerprint density at radius 2 is 2.00 bits per heavy atom. The van der Waals surface area contributed by atoms with E-state index in [4.69, 9.17) is 11.6 Å². The summed E-state index contributed by atoms with van der Waals surface area (Å²) in [5, 5.41) is 0. The molecule has 0 aromatic heterocycles. The highest BCUT2D eigenvalue weighted by molar-refractivity contribution is 9.10. The highest BCUT2D eigenvalue weighted by Gasteiger charge is 2.33. The molecule has 0 heterocycles. The highest BCUT2D eigenvalue weighted by Crippen LogP contribution is 2.24. The predicted molar refractivity (Wildman–Crippen MR) is 66.8 cm³/mol. The third-order valence-corrected chi connectivity index (χ3v) is 3.17. The molecule has 106 valence electrons. The van der Waals surface area contributed by atoms with E-state index in [0.717, 1.165) is 6.07 Å². The first-order valence-corrected chi connectivity index (χ1v) is 6.45. The molecule has 0 saturated heterocycles. The number of carbonyl (C=O) groups excluding carboxylic acids is 1. The molecule has 0 radical (unpaired) electrons. The fourth-order valence-electron chi connectivity index (χ4n) is 1.41. The summed E-state index contributed by atoms with van der Waals surface area (Å²) in [6.45, 7) is -1.70. The van der Waals surface area contributed by atoms with Crippen LogP contribution in [0.15, 0.2) is 22.7 Å². The minimum atomic E-state index is -4.54. The minimum Gasteiger partial charge on any atom is -0.328 e. The zero-order valence-electron chi connectivity index (χ0n) is 9.48. The van der Waals surface area contributed by atoms with Crippen LogP contribution in [0.3, 0.4) is 0 Å². The zero-order chi connectivity index (χ0) is 14.6. The smallest absolute Gasteiger partial charge is 0.328 e. The lowest BCUT2D eigenvalue weighted by Crippen LogP contribution is -2.40. The Hall–Kier alpha value is -0.820. The SMILES string of the molecule is O=C(c1cccc(F)c1Br)N(CCCl)CC(F)(F)F. The minimum absolute atomic E-state index is 0.144. The number of halogens is 6. The summed E-state index contributed by atoms with van der Waals surface area (Å²) in [6, 6.07) is 3.59. The molecular formula is C11H9BrClF4NO. The van der Waals surface area contributed by atoms with E-state index >= 15 is 0 Å². The topological polar surface area (TPSA) is 20.3 Å². The molecule has 0 spiro atoms. The lowest BCUT2D eigenvalue weighted by molar-refractivity contribution is -0.140. The average Bonchev–Trinajstić information content (AvgIpc) is 2.30. The summed E-state index contributed by atoms with van der Waals surface area (Å²) >= 11 is 8.22. The first kappa shape index (κ1) is 16.2. The van der Waals surface area contributed by atoms with Gasteiger partial charge in [0.05, 0.1) is 10.0 Å². The molecule has 0 aliphatic carbocycles. The molecule has 0 N–H and O–H groups in total. The molecule has 0 aliphatic rings. The molecule has 19 heavy (non-hydrogen) atoms. The van der Waals surface area contributed by atoms with E-state index in [2.05, 4.69) is 15.9 Å². The normalized spacial score (nSPS) is 11.5. The van der Waals surface area contributed by atoms with Crippen LogP contribution < -0.4 is 0 Å². The Labute approximate surface area is 120 Å². The van der Waals surface area contributed by atoms with Crippen LogP contribution in [0.25, 0.3) is 0 Å². The number of amides is 1.